The first-order valence-electron chi connectivity index (χ1n) is 6.41. The van der Waals surface area contributed by atoms with Crippen LogP contribution in [-0.2, 0) is 0 Å². The van der Waals surface area contributed by atoms with E-state index in [4.69, 9.17) is 23.1 Å². The Bertz CT molecular complexity index is 447. The number of aliphatic hydroxyl groups is 1. The number of thiocarbonyl (C=S) groups is 1. The predicted octanol–water partition coefficient (Wildman–Crippen LogP) is 1.98. The van der Waals surface area contributed by atoms with E-state index in [9.17, 15) is 0 Å². The summed E-state index contributed by atoms with van der Waals surface area (Å²) in [5.41, 5.74) is 8.96. The summed E-state index contributed by atoms with van der Waals surface area (Å²) in [6, 6.07) is 6.69. The topological polar surface area (TPSA) is 49.5 Å². The van der Waals surface area contributed by atoms with E-state index in [1.807, 2.05) is 13.0 Å². The molecule has 98 valence electrons. The van der Waals surface area contributed by atoms with Gasteiger partial charge in [-0.15, -0.1) is 0 Å². The normalized spacial score (nSPS) is 19.2. The van der Waals surface area contributed by atoms with Crippen LogP contribution in [0.25, 0.3) is 0 Å². The van der Waals surface area contributed by atoms with E-state index in [-0.39, 0.29) is 6.61 Å². The fourth-order valence-corrected chi connectivity index (χ4v) is 2.96. The molecule has 1 saturated heterocycles. The maximum atomic E-state index is 9.10. The van der Waals surface area contributed by atoms with Gasteiger partial charge >= 0.3 is 0 Å². The third kappa shape index (κ3) is 2.65. The Balaban J connectivity index is 2.23. The van der Waals surface area contributed by atoms with Crippen molar-refractivity contribution < 1.29 is 5.11 Å². The lowest BCUT2D eigenvalue weighted by molar-refractivity contribution is 0.276. The molecule has 4 heteroatoms. The van der Waals surface area contributed by atoms with Crippen LogP contribution in [0.3, 0.4) is 0 Å². The SMILES string of the molecule is Cc1cc(N2CCCC2CCO)ccc1C(N)=S. The third-order valence-electron chi connectivity index (χ3n) is 3.65. The number of aliphatic hydroxyl groups excluding tert-OH is 1. The van der Waals surface area contributed by atoms with E-state index in [0.717, 1.165) is 30.5 Å². The zero-order valence-corrected chi connectivity index (χ0v) is 11.5. The molecule has 0 aliphatic carbocycles. The molecule has 1 heterocycles. The molecule has 1 atom stereocenters. The van der Waals surface area contributed by atoms with Gasteiger partial charge in [-0.2, -0.15) is 0 Å². The van der Waals surface area contributed by atoms with Crippen molar-refractivity contribution >= 4 is 22.9 Å². The molecule has 1 unspecified atom stereocenters. The molecule has 3 nitrogen and oxygen atoms in total. The van der Waals surface area contributed by atoms with E-state index in [1.54, 1.807) is 0 Å². The minimum atomic E-state index is 0.255. The summed E-state index contributed by atoms with van der Waals surface area (Å²) in [4.78, 5) is 2.83. The molecule has 0 spiro atoms. The molecule has 0 radical (unpaired) electrons. The number of nitrogens with zero attached hydrogens (tertiary/aromatic N) is 1. The lowest BCUT2D eigenvalue weighted by Gasteiger charge is -2.27. The van der Waals surface area contributed by atoms with Gasteiger partial charge in [0.25, 0.3) is 0 Å². The summed E-state index contributed by atoms with van der Waals surface area (Å²) in [7, 11) is 0. The standard InChI is InChI=1S/C14H20N2OS/c1-10-9-12(4-5-13(10)14(15)18)16-7-2-3-11(16)6-8-17/h4-5,9,11,17H,2-3,6-8H2,1H3,(H2,15,18). The first kappa shape index (κ1) is 13.3. The molecule has 0 saturated carbocycles. The summed E-state index contributed by atoms with van der Waals surface area (Å²) >= 11 is 5.02. The fourth-order valence-electron chi connectivity index (χ4n) is 2.73. The van der Waals surface area contributed by atoms with Crippen molar-refractivity contribution in [1.82, 2.24) is 0 Å². The molecule has 1 fully saturated rings. The Kier molecular flexibility index (Phi) is 4.19. The first-order valence-corrected chi connectivity index (χ1v) is 6.82. The number of aryl methyl sites for hydroxylation is 1. The van der Waals surface area contributed by atoms with Gasteiger partial charge in [-0.1, -0.05) is 12.2 Å². The van der Waals surface area contributed by atoms with E-state index in [2.05, 4.69) is 17.0 Å². The predicted molar refractivity (Wildman–Crippen MR) is 79.1 cm³/mol. The van der Waals surface area contributed by atoms with Crippen molar-refractivity contribution in [3.8, 4) is 0 Å². The molecular weight excluding hydrogens is 244 g/mol. The zero-order chi connectivity index (χ0) is 13.1. The van der Waals surface area contributed by atoms with Crippen LogP contribution >= 0.6 is 12.2 Å². The molecule has 3 N–H and O–H groups in total. The molecule has 0 aromatic heterocycles. The number of nitrogens with two attached hydrogens (primary N) is 1. The summed E-state index contributed by atoms with van der Waals surface area (Å²) < 4.78 is 0. The summed E-state index contributed by atoms with van der Waals surface area (Å²) in [6.07, 6.45) is 3.20. The van der Waals surface area contributed by atoms with Crippen LogP contribution < -0.4 is 10.6 Å². The smallest absolute Gasteiger partial charge is 0.104 e. The van der Waals surface area contributed by atoms with Crippen LogP contribution in [0, 0.1) is 6.92 Å². The minimum Gasteiger partial charge on any atom is -0.396 e. The summed E-state index contributed by atoms with van der Waals surface area (Å²) in [5, 5.41) is 9.10. The van der Waals surface area contributed by atoms with Gasteiger partial charge in [-0.3, -0.25) is 0 Å². The van der Waals surface area contributed by atoms with Crippen LogP contribution in [0.4, 0.5) is 5.69 Å². The summed E-state index contributed by atoms with van der Waals surface area (Å²) in [6.45, 7) is 3.36. The highest BCUT2D eigenvalue weighted by atomic mass is 32.1. The number of hydrogen-bond donors (Lipinski definition) is 2. The maximum absolute atomic E-state index is 9.10. The van der Waals surface area contributed by atoms with Crippen molar-refractivity contribution in [3.63, 3.8) is 0 Å². The van der Waals surface area contributed by atoms with Crippen LogP contribution in [0.1, 0.15) is 30.4 Å². The molecule has 1 aliphatic heterocycles. The van der Waals surface area contributed by atoms with E-state index >= 15 is 0 Å². The Morgan fingerprint density at radius 2 is 2.33 bits per heavy atom. The van der Waals surface area contributed by atoms with Gasteiger partial charge in [-0.25, -0.2) is 0 Å². The van der Waals surface area contributed by atoms with Crippen molar-refractivity contribution in [3.05, 3.63) is 29.3 Å². The number of anilines is 1. The summed E-state index contributed by atoms with van der Waals surface area (Å²) in [5.74, 6) is 0. The van der Waals surface area contributed by atoms with Crippen LogP contribution in [-0.4, -0.2) is 29.3 Å². The molecule has 2 rings (SSSR count). The zero-order valence-electron chi connectivity index (χ0n) is 10.7. The second kappa shape index (κ2) is 5.67. The monoisotopic (exact) mass is 264 g/mol. The lowest BCUT2D eigenvalue weighted by Crippen LogP contribution is -2.30. The van der Waals surface area contributed by atoms with Crippen LogP contribution in [0.2, 0.25) is 0 Å². The average molecular weight is 264 g/mol. The Morgan fingerprint density at radius 1 is 1.56 bits per heavy atom. The second-order valence-corrected chi connectivity index (χ2v) is 5.31. The maximum Gasteiger partial charge on any atom is 0.104 e. The van der Waals surface area contributed by atoms with Gasteiger partial charge in [0.1, 0.15) is 4.99 Å². The van der Waals surface area contributed by atoms with Crippen molar-refractivity contribution in [2.24, 2.45) is 5.73 Å². The molecule has 0 bridgehead atoms. The average Bonchev–Trinajstić information content (AvgIpc) is 2.77. The highest BCUT2D eigenvalue weighted by molar-refractivity contribution is 7.80. The minimum absolute atomic E-state index is 0.255. The van der Waals surface area contributed by atoms with Gasteiger partial charge in [0.2, 0.25) is 0 Å². The molecule has 1 aromatic carbocycles. The number of benzene rings is 1. The molecular formula is C14H20N2OS. The quantitative estimate of drug-likeness (QED) is 0.817. The van der Waals surface area contributed by atoms with Gasteiger partial charge in [-0.05, 0) is 49.9 Å². The second-order valence-electron chi connectivity index (χ2n) is 4.87. The van der Waals surface area contributed by atoms with Gasteiger partial charge in [0, 0.05) is 30.4 Å². The van der Waals surface area contributed by atoms with Gasteiger partial charge in [0.15, 0.2) is 0 Å². The van der Waals surface area contributed by atoms with Crippen molar-refractivity contribution in [2.45, 2.75) is 32.2 Å². The largest absolute Gasteiger partial charge is 0.396 e. The van der Waals surface area contributed by atoms with Crippen molar-refractivity contribution in [1.29, 1.82) is 0 Å². The van der Waals surface area contributed by atoms with E-state index in [1.165, 1.54) is 12.1 Å². The Morgan fingerprint density at radius 3 is 2.94 bits per heavy atom. The third-order valence-corrected chi connectivity index (χ3v) is 3.87. The van der Waals surface area contributed by atoms with Gasteiger partial charge in [0.05, 0.1) is 0 Å². The lowest BCUT2D eigenvalue weighted by atomic mass is 10.1. The van der Waals surface area contributed by atoms with Crippen molar-refractivity contribution in [2.75, 3.05) is 18.1 Å². The Hall–Kier alpha value is -1.13. The Labute approximate surface area is 114 Å². The van der Waals surface area contributed by atoms with Crippen LogP contribution in [0.5, 0.6) is 0 Å². The van der Waals surface area contributed by atoms with Crippen LogP contribution in [0.15, 0.2) is 18.2 Å². The fraction of sp³-hybridized carbons (Fsp3) is 0.500. The number of rotatable bonds is 4. The number of hydrogen-bond acceptors (Lipinski definition) is 3. The molecule has 1 aliphatic rings. The molecule has 1 aromatic rings. The molecule has 0 amide bonds. The highest BCUT2D eigenvalue weighted by Gasteiger charge is 2.24. The van der Waals surface area contributed by atoms with Gasteiger partial charge < -0.3 is 15.7 Å². The van der Waals surface area contributed by atoms with E-state index < -0.39 is 0 Å². The molecule has 18 heavy (non-hydrogen) atoms. The first-order chi connectivity index (χ1) is 8.63. The van der Waals surface area contributed by atoms with E-state index in [0.29, 0.717) is 11.0 Å². The highest BCUT2D eigenvalue weighted by Crippen LogP contribution is 2.28.